The number of rotatable bonds is 5. The molecule has 0 radical (unpaired) electrons. The van der Waals surface area contributed by atoms with Gasteiger partial charge in [0.1, 0.15) is 5.75 Å². The second-order valence-electron chi connectivity index (χ2n) is 4.97. The minimum Gasteiger partial charge on any atom is -0.492 e. The quantitative estimate of drug-likeness (QED) is 0.779. The van der Waals surface area contributed by atoms with Crippen LogP contribution in [-0.4, -0.2) is 11.7 Å². The molecule has 2 aromatic carbocycles. The predicted octanol–water partition coefficient (Wildman–Crippen LogP) is 4.77. The third kappa shape index (κ3) is 3.98. The highest BCUT2D eigenvalue weighted by molar-refractivity contribution is 7.80. The van der Waals surface area contributed by atoms with Crippen LogP contribution in [-0.2, 0) is 6.42 Å². The van der Waals surface area contributed by atoms with E-state index in [-0.39, 0.29) is 0 Å². The molecule has 2 rings (SSSR count). The van der Waals surface area contributed by atoms with Crippen molar-refractivity contribution in [3.63, 3.8) is 0 Å². The Kier molecular flexibility index (Phi) is 5.78. The molecule has 0 atom stereocenters. The fourth-order valence-corrected chi connectivity index (χ4v) is 2.53. The van der Waals surface area contributed by atoms with Crippen LogP contribution in [0, 0.1) is 6.92 Å². The summed E-state index contributed by atoms with van der Waals surface area (Å²) >= 11 is 5.45. The average molecular weight is 314 g/mol. The van der Waals surface area contributed by atoms with Crippen molar-refractivity contribution in [1.82, 2.24) is 0 Å². The first-order valence-corrected chi connectivity index (χ1v) is 7.94. The van der Waals surface area contributed by atoms with Gasteiger partial charge in [0.25, 0.3) is 0 Å². The number of aryl methyl sites for hydroxylation is 2. The first-order chi connectivity index (χ1) is 10.7. The Bertz CT molecular complexity index is 655. The molecule has 0 amide bonds. The van der Waals surface area contributed by atoms with Crippen molar-refractivity contribution in [1.29, 1.82) is 0 Å². The van der Waals surface area contributed by atoms with Gasteiger partial charge >= 0.3 is 0 Å². The highest BCUT2D eigenvalue weighted by atomic mass is 32.1. The number of hydrogen-bond donors (Lipinski definition) is 2. The van der Waals surface area contributed by atoms with E-state index in [9.17, 15) is 0 Å². The van der Waals surface area contributed by atoms with E-state index in [1.54, 1.807) is 0 Å². The second-order valence-corrected chi connectivity index (χ2v) is 5.38. The number of thiocarbonyl (C=S) groups is 1. The Labute approximate surface area is 137 Å². The number of ether oxygens (including phenoxy) is 1. The molecule has 0 saturated carbocycles. The van der Waals surface area contributed by atoms with Gasteiger partial charge in [0.05, 0.1) is 12.3 Å². The molecule has 0 unspecified atom stereocenters. The van der Waals surface area contributed by atoms with E-state index >= 15 is 0 Å². The molecule has 0 aliphatic heterocycles. The highest BCUT2D eigenvalue weighted by Crippen LogP contribution is 2.25. The Morgan fingerprint density at radius 1 is 1.05 bits per heavy atom. The molecule has 0 fully saturated rings. The molecule has 0 aliphatic carbocycles. The maximum atomic E-state index is 5.61. The largest absolute Gasteiger partial charge is 0.492 e. The maximum Gasteiger partial charge on any atom is 0.175 e. The van der Waals surface area contributed by atoms with E-state index in [1.807, 2.05) is 31.2 Å². The van der Waals surface area contributed by atoms with Gasteiger partial charge in [0.2, 0.25) is 0 Å². The molecule has 4 heteroatoms. The molecule has 116 valence electrons. The van der Waals surface area contributed by atoms with Crippen molar-refractivity contribution >= 4 is 28.7 Å². The van der Waals surface area contributed by atoms with Gasteiger partial charge in [-0.1, -0.05) is 37.3 Å². The monoisotopic (exact) mass is 314 g/mol. The number of anilines is 2. The van der Waals surface area contributed by atoms with Gasteiger partial charge in [-0.3, -0.25) is 0 Å². The molecule has 2 aromatic rings. The van der Waals surface area contributed by atoms with Crippen molar-refractivity contribution < 1.29 is 4.74 Å². The van der Waals surface area contributed by atoms with Crippen molar-refractivity contribution in [3.05, 3.63) is 53.6 Å². The zero-order chi connectivity index (χ0) is 15.9. The van der Waals surface area contributed by atoms with E-state index in [4.69, 9.17) is 17.0 Å². The highest BCUT2D eigenvalue weighted by Gasteiger charge is 2.08. The van der Waals surface area contributed by atoms with E-state index in [0.29, 0.717) is 11.7 Å². The summed E-state index contributed by atoms with van der Waals surface area (Å²) in [6.07, 6.45) is 0.960. The van der Waals surface area contributed by atoms with Gasteiger partial charge in [-0.25, -0.2) is 0 Å². The van der Waals surface area contributed by atoms with Crippen molar-refractivity contribution in [3.8, 4) is 5.75 Å². The normalized spacial score (nSPS) is 10.1. The first kappa shape index (κ1) is 16.3. The van der Waals surface area contributed by atoms with Crippen LogP contribution >= 0.6 is 12.2 Å². The van der Waals surface area contributed by atoms with E-state index in [1.165, 1.54) is 11.1 Å². The Morgan fingerprint density at radius 3 is 2.55 bits per heavy atom. The Morgan fingerprint density at radius 2 is 1.82 bits per heavy atom. The third-order valence-electron chi connectivity index (χ3n) is 3.41. The van der Waals surface area contributed by atoms with Crippen molar-refractivity contribution in [2.75, 3.05) is 17.2 Å². The van der Waals surface area contributed by atoms with Gasteiger partial charge in [-0.2, -0.15) is 0 Å². The summed E-state index contributed by atoms with van der Waals surface area (Å²) in [5.41, 5.74) is 4.38. The van der Waals surface area contributed by atoms with Crippen LogP contribution in [0.2, 0.25) is 0 Å². The summed E-state index contributed by atoms with van der Waals surface area (Å²) < 4.78 is 5.61. The number of para-hydroxylation sites is 3. The van der Waals surface area contributed by atoms with Gasteiger partial charge < -0.3 is 15.4 Å². The Hall–Kier alpha value is -2.07. The summed E-state index contributed by atoms with van der Waals surface area (Å²) in [5.74, 6) is 0.801. The summed E-state index contributed by atoms with van der Waals surface area (Å²) in [7, 11) is 0. The zero-order valence-corrected chi connectivity index (χ0v) is 14.1. The molecule has 0 aliphatic rings. The summed E-state index contributed by atoms with van der Waals surface area (Å²) in [4.78, 5) is 0. The maximum absolute atomic E-state index is 5.61. The lowest BCUT2D eigenvalue weighted by molar-refractivity contribution is 0.342. The number of nitrogens with one attached hydrogen (secondary N) is 2. The molecule has 0 heterocycles. The summed E-state index contributed by atoms with van der Waals surface area (Å²) in [6, 6.07) is 14.1. The average Bonchev–Trinajstić information content (AvgIpc) is 2.51. The van der Waals surface area contributed by atoms with E-state index in [0.717, 1.165) is 23.5 Å². The van der Waals surface area contributed by atoms with Gasteiger partial charge in [-0.05, 0) is 55.7 Å². The minimum absolute atomic E-state index is 0.566. The predicted molar refractivity (Wildman–Crippen MR) is 98.0 cm³/mol. The number of hydrogen-bond acceptors (Lipinski definition) is 2. The van der Waals surface area contributed by atoms with Crippen LogP contribution in [0.3, 0.4) is 0 Å². The van der Waals surface area contributed by atoms with Crippen LogP contribution in [0.15, 0.2) is 42.5 Å². The second kappa shape index (κ2) is 7.80. The standard InChI is InChI=1S/C18H22N2OS/c1-4-14-10-8-9-13(3)17(14)20-18(22)19-15-11-6-7-12-16(15)21-5-2/h6-12H,4-5H2,1-3H3,(H2,19,20,22). The minimum atomic E-state index is 0.566. The molecule has 0 bridgehead atoms. The molecule has 22 heavy (non-hydrogen) atoms. The SMILES string of the molecule is CCOc1ccccc1NC(=S)Nc1c(C)cccc1CC. The Balaban J connectivity index is 2.14. The lowest BCUT2D eigenvalue weighted by atomic mass is 10.1. The van der Waals surface area contributed by atoms with Crippen molar-refractivity contribution in [2.45, 2.75) is 27.2 Å². The zero-order valence-electron chi connectivity index (χ0n) is 13.3. The van der Waals surface area contributed by atoms with E-state index < -0.39 is 0 Å². The van der Waals surface area contributed by atoms with Crippen molar-refractivity contribution in [2.24, 2.45) is 0 Å². The molecule has 0 aromatic heterocycles. The fraction of sp³-hybridized carbons (Fsp3) is 0.278. The topological polar surface area (TPSA) is 33.3 Å². The van der Waals surface area contributed by atoms with Gasteiger partial charge in [0, 0.05) is 5.69 Å². The molecule has 2 N–H and O–H groups in total. The molecular formula is C18H22N2OS. The summed E-state index contributed by atoms with van der Waals surface area (Å²) in [5, 5.41) is 7.10. The summed E-state index contributed by atoms with van der Waals surface area (Å²) in [6.45, 7) is 6.81. The van der Waals surface area contributed by atoms with Crippen LogP contribution in [0.4, 0.5) is 11.4 Å². The van der Waals surface area contributed by atoms with Crippen LogP contribution < -0.4 is 15.4 Å². The first-order valence-electron chi connectivity index (χ1n) is 7.54. The lowest BCUT2D eigenvalue weighted by Gasteiger charge is -2.17. The van der Waals surface area contributed by atoms with Gasteiger partial charge in [0.15, 0.2) is 5.11 Å². The molecule has 0 spiro atoms. The molecular weight excluding hydrogens is 292 g/mol. The molecule has 3 nitrogen and oxygen atoms in total. The lowest BCUT2D eigenvalue weighted by Crippen LogP contribution is -2.21. The van der Waals surface area contributed by atoms with Crippen LogP contribution in [0.5, 0.6) is 5.75 Å². The molecule has 0 saturated heterocycles. The number of benzene rings is 2. The van der Waals surface area contributed by atoms with Crippen LogP contribution in [0.25, 0.3) is 0 Å². The van der Waals surface area contributed by atoms with Gasteiger partial charge in [-0.15, -0.1) is 0 Å². The van der Waals surface area contributed by atoms with E-state index in [2.05, 4.69) is 42.7 Å². The third-order valence-corrected chi connectivity index (χ3v) is 3.62. The fourth-order valence-electron chi connectivity index (χ4n) is 2.32. The van der Waals surface area contributed by atoms with Crippen LogP contribution in [0.1, 0.15) is 25.0 Å². The smallest absolute Gasteiger partial charge is 0.175 e.